The van der Waals surface area contributed by atoms with E-state index >= 15 is 0 Å². The summed E-state index contributed by atoms with van der Waals surface area (Å²) in [6.45, 7) is 3.47. The van der Waals surface area contributed by atoms with Crippen molar-refractivity contribution in [1.82, 2.24) is 0 Å². The summed E-state index contributed by atoms with van der Waals surface area (Å²) in [7, 11) is 0. The maximum absolute atomic E-state index is 12.3. The molecule has 2 aromatic carbocycles. The van der Waals surface area contributed by atoms with Crippen molar-refractivity contribution in [3.8, 4) is 6.07 Å². The van der Waals surface area contributed by atoms with Crippen LogP contribution in [0.1, 0.15) is 25.3 Å². The molecule has 0 saturated carbocycles. The third-order valence-electron chi connectivity index (χ3n) is 4.48. The Kier molecular flexibility index (Phi) is 6.54. The summed E-state index contributed by atoms with van der Waals surface area (Å²) >= 11 is 3.28. The zero-order valence-electron chi connectivity index (χ0n) is 15.3. The van der Waals surface area contributed by atoms with E-state index in [1.165, 1.54) is 4.90 Å². The van der Waals surface area contributed by atoms with Crippen LogP contribution in [0.2, 0.25) is 0 Å². The fourth-order valence-corrected chi connectivity index (χ4v) is 5.39. The minimum atomic E-state index is -0.381. The van der Waals surface area contributed by atoms with Crippen LogP contribution in [0.15, 0.2) is 81.2 Å². The number of benzene rings is 2. The lowest BCUT2D eigenvalue weighted by Crippen LogP contribution is -2.31. The zero-order valence-corrected chi connectivity index (χ0v) is 16.9. The predicted octanol–water partition coefficient (Wildman–Crippen LogP) is 5.67. The van der Waals surface area contributed by atoms with Gasteiger partial charge in [-0.2, -0.15) is 5.26 Å². The summed E-state index contributed by atoms with van der Waals surface area (Å²) < 4.78 is 0. The average Bonchev–Trinajstić information content (AvgIpc) is 2.68. The lowest BCUT2D eigenvalue weighted by Gasteiger charge is -2.30. The number of ketones is 1. The van der Waals surface area contributed by atoms with Crippen LogP contribution >= 0.6 is 23.5 Å². The number of carbonyl (C=O) groups excluding carboxylic acids is 1. The molecule has 0 saturated heterocycles. The lowest BCUT2D eigenvalue weighted by molar-refractivity contribution is -0.119. The molecule has 1 aliphatic heterocycles. The second kappa shape index (κ2) is 9.07. The highest BCUT2D eigenvalue weighted by Crippen LogP contribution is 2.43. The number of Topliss-reactive ketones (excluding diaryl/α,β-unsaturated/α-hetero) is 1. The van der Waals surface area contributed by atoms with Crippen LogP contribution in [0.25, 0.3) is 0 Å². The Balaban J connectivity index is 1.91. The van der Waals surface area contributed by atoms with Gasteiger partial charge in [-0.3, -0.25) is 4.79 Å². The molecule has 1 unspecified atom stereocenters. The molecule has 27 heavy (non-hydrogen) atoms. The molecular formula is C22H20N2OS2. The van der Waals surface area contributed by atoms with Gasteiger partial charge in [-0.05, 0) is 31.5 Å². The van der Waals surface area contributed by atoms with Gasteiger partial charge in [0.05, 0.1) is 22.6 Å². The molecule has 2 atom stereocenters. The van der Waals surface area contributed by atoms with E-state index in [-0.39, 0.29) is 17.6 Å². The van der Waals surface area contributed by atoms with Gasteiger partial charge < -0.3 is 0 Å². The molecule has 136 valence electrons. The number of nitrogens with zero attached hydrogens (tertiary/aromatic N) is 2. The van der Waals surface area contributed by atoms with Crippen molar-refractivity contribution in [2.45, 2.75) is 24.7 Å². The van der Waals surface area contributed by atoms with Crippen molar-refractivity contribution in [2.75, 3.05) is 5.08 Å². The quantitative estimate of drug-likeness (QED) is 0.469. The van der Waals surface area contributed by atoms with Crippen LogP contribution in [0.3, 0.4) is 0 Å². The van der Waals surface area contributed by atoms with Gasteiger partial charge in [0.2, 0.25) is 0 Å². The summed E-state index contributed by atoms with van der Waals surface area (Å²) in [5, 5.41) is 11.4. The molecule has 0 N–H and O–H groups in total. The Hall–Kier alpha value is -2.29. The molecule has 0 aliphatic carbocycles. The zero-order chi connectivity index (χ0) is 19.2. The maximum atomic E-state index is 12.3. The second-order valence-electron chi connectivity index (χ2n) is 6.28. The molecule has 1 heterocycles. The average molecular weight is 393 g/mol. The largest absolute Gasteiger partial charge is 0.299 e. The molecule has 2 aromatic rings. The molecule has 0 fully saturated rings. The number of rotatable bonds is 6. The van der Waals surface area contributed by atoms with E-state index in [2.05, 4.69) is 23.2 Å². The Morgan fingerprint density at radius 3 is 2.30 bits per heavy atom. The molecule has 0 radical (unpaired) electrons. The standard InChI is InChI=1S/C22H20N2OS2/c1-15-20(16(2)25)21(17-9-5-3-6-10-17)19(13-23)22(24-15)27-14-26-18-11-7-4-8-12-18/h3-12,20-21H,14H2,1-2H3/t20?,21-/m0/s1. The van der Waals surface area contributed by atoms with Gasteiger partial charge in [0.25, 0.3) is 0 Å². The Labute approximate surface area is 168 Å². The molecule has 3 rings (SSSR count). The molecule has 0 amide bonds. The summed E-state index contributed by atoms with van der Waals surface area (Å²) in [5.74, 6) is -0.607. The van der Waals surface area contributed by atoms with Gasteiger partial charge in [-0.15, -0.1) is 11.8 Å². The molecule has 0 spiro atoms. The van der Waals surface area contributed by atoms with Gasteiger partial charge in [-0.25, -0.2) is 4.99 Å². The van der Waals surface area contributed by atoms with E-state index in [1.807, 2.05) is 55.5 Å². The maximum Gasteiger partial charge on any atom is 0.139 e. The lowest BCUT2D eigenvalue weighted by atomic mass is 9.75. The predicted molar refractivity (Wildman–Crippen MR) is 114 cm³/mol. The minimum absolute atomic E-state index is 0.0422. The van der Waals surface area contributed by atoms with Crippen molar-refractivity contribution in [3.05, 3.63) is 76.8 Å². The number of hydrogen-bond acceptors (Lipinski definition) is 5. The molecule has 0 aromatic heterocycles. The fourth-order valence-electron chi connectivity index (χ4n) is 3.28. The molecule has 5 heteroatoms. The monoisotopic (exact) mass is 392 g/mol. The van der Waals surface area contributed by atoms with Crippen molar-refractivity contribution < 1.29 is 4.79 Å². The Morgan fingerprint density at radius 1 is 1.07 bits per heavy atom. The Morgan fingerprint density at radius 2 is 1.70 bits per heavy atom. The van der Waals surface area contributed by atoms with Crippen molar-refractivity contribution in [2.24, 2.45) is 10.9 Å². The summed E-state index contributed by atoms with van der Waals surface area (Å²) in [4.78, 5) is 18.2. The van der Waals surface area contributed by atoms with Crippen LogP contribution in [-0.2, 0) is 4.79 Å². The third kappa shape index (κ3) is 4.52. The van der Waals surface area contributed by atoms with E-state index in [0.717, 1.165) is 21.4 Å². The van der Waals surface area contributed by atoms with E-state index in [1.54, 1.807) is 30.4 Å². The molecule has 1 aliphatic rings. The van der Waals surface area contributed by atoms with Crippen LogP contribution < -0.4 is 0 Å². The topological polar surface area (TPSA) is 53.2 Å². The highest BCUT2D eigenvalue weighted by atomic mass is 32.2. The van der Waals surface area contributed by atoms with Gasteiger partial charge in [0, 0.05) is 16.5 Å². The highest BCUT2D eigenvalue weighted by Gasteiger charge is 2.37. The first-order valence-corrected chi connectivity index (χ1v) is 10.6. The Bertz CT molecular complexity index is 914. The van der Waals surface area contributed by atoms with Gasteiger partial charge in [0.15, 0.2) is 0 Å². The second-order valence-corrected chi connectivity index (χ2v) is 8.66. The van der Waals surface area contributed by atoms with Crippen LogP contribution in [0, 0.1) is 17.2 Å². The SMILES string of the molecule is CC(=O)C1C(C)=NC(SCSc2ccccc2)=C(C#N)[C@@H]1c1ccccc1. The van der Waals surface area contributed by atoms with Crippen molar-refractivity contribution >= 4 is 35.0 Å². The van der Waals surface area contributed by atoms with E-state index in [4.69, 9.17) is 0 Å². The van der Waals surface area contributed by atoms with Gasteiger partial charge in [-0.1, -0.05) is 60.3 Å². The summed E-state index contributed by atoms with van der Waals surface area (Å²) in [6, 6.07) is 22.3. The van der Waals surface area contributed by atoms with Crippen molar-refractivity contribution in [1.29, 1.82) is 5.26 Å². The van der Waals surface area contributed by atoms with E-state index < -0.39 is 0 Å². The number of thioether (sulfide) groups is 2. The first-order chi connectivity index (χ1) is 13.1. The minimum Gasteiger partial charge on any atom is -0.299 e. The van der Waals surface area contributed by atoms with E-state index in [9.17, 15) is 10.1 Å². The smallest absolute Gasteiger partial charge is 0.139 e. The first-order valence-electron chi connectivity index (χ1n) is 8.67. The normalized spacial score (nSPS) is 19.4. The fraction of sp³-hybridized carbons (Fsp3) is 0.227. The summed E-state index contributed by atoms with van der Waals surface area (Å²) in [5.41, 5.74) is 2.35. The van der Waals surface area contributed by atoms with E-state index in [0.29, 0.717) is 5.57 Å². The van der Waals surface area contributed by atoms with Gasteiger partial charge >= 0.3 is 0 Å². The highest BCUT2D eigenvalue weighted by molar-refractivity contribution is 8.17. The number of allylic oxidation sites excluding steroid dienone is 1. The summed E-state index contributed by atoms with van der Waals surface area (Å²) in [6.07, 6.45) is 0. The van der Waals surface area contributed by atoms with Gasteiger partial charge in [0.1, 0.15) is 10.8 Å². The number of nitriles is 1. The molecular weight excluding hydrogens is 372 g/mol. The number of carbonyl (C=O) groups is 1. The molecule has 0 bridgehead atoms. The molecule has 3 nitrogen and oxygen atoms in total. The van der Waals surface area contributed by atoms with Crippen LogP contribution in [0.4, 0.5) is 0 Å². The first kappa shape index (κ1) is 19.5. The number of hydrogen-bond donors (Lipinski definition) is 0. The van der Waals surface area contributed by atoms with Crippen LogP contribution in [-0.4, -0.2) is 16.6 Å². The number of aliphatic imine (C=N–C) groups is 1. The third-order valence-corrected chi connectivity index (χ3v) is 6.62. The van der Waals surface area contributed by atoms with Crippen LogP contribution in [0.5, 0.6) is 0 Å². The van der Waals surface area contributed by atoms with Crippen molar-refractivity contribution in [3.63, 3.8) is 0 Å².